The molecule has 33 heavy (non-hydrogen) atoms. The topological polar surface area (TPSA) is 122 Å². The van der Waals surface area contributed by atoms with Crippen molar-refractivity contribution in [3.05, 3.63) is 82.1 Å². The van der Waals surface area contributed by atoms with E-state index >= 15 is 0 Å². The van der Waals surface area contributed by atoms with E-state index in [1.54, 1.807) is 30.5 Å². The van der Waals surface area contributed by atoms with E-state index in [2.05, 4.69) is 19.9 Å². The first-order valence-corrected chi connectivity index (χ1v) is 14.1. The maximum absolute atomic E-state index is 13.1. The van der Waals surface area contributed by atoms with Crippen molar-refractivity contribution in [2.45, 2.75) is 30.2 Å². The highest BCUT2D eigenvalue weighted by Crippen LogP contribution is 2.30. The molecule has 0 aliphatic heterocycles. The molecule has 11 heteroatoms. The summed E-state index contributed by atoms with van der Waals surface area (Å²) in [7, 11) is -7.45. The number of H-pyrrole nitrogens is 1. The average Bonchev–Trinajstić information content (AvgIpc) is 3.40. The number of sulfonamides is 1. The Kier molecular flexibility index (Phi) is 6.37. The third-order valence-electron chi connectivity index (χ3n) is 4.87. The van der Waals surface area contributed by atoms with E-state index in [1.165, 1.54) is 6.20 Å². The molecule has 0 aliphatic rings. The Morgan fingerprint density at radius 1 is 0.818 bits per heavy atom. The summed E-state index contributed by atoms with van der Waals surface area (Å²) in [6.45, 7) is 3.87. The van der Waals surface area contributed by atoms with Crippen LogP contribution in [-0.4, -0.2) is 32.0 Å². The Bertz CT molecular complexity index is 1470. The van der Waals surface area contributed by atoms with Gasteiger partial charge in [0, 0.05) is 23.6 Å². The fourth-order valence-corrected chi connectivity index (χ4v) is 7.30. The van der Waals surface area contributed by atoms with Crippen LogP contribution in [0.4, 0.5) is 5.69 Å². The molecule has 0 unspecified atom stereocenters. The van der Waals surface area contributed by atoms with Crippen molar-refractivity contribution in [3.63, 3.8) is 0 Å². The van der Waals surface area contributed by atoms with Crippen molar-refractivity contribution < 1.29 is 16.8 Å². The van der Waals surface area contributed by atoms with Crippen LogP contribution in [-0.2, 0) is 31.4 Å². The molecule has 0 saturated carbocycles. The average molecular weight is 503 g/mol. The molecule has 0 saturated heterocycles. The van der Waals surface area contributed by atoms with Crippen LogP contribution in [0.15, 0.2) is 65.8 Å². The van der Waals surface area contributed by atoms with Gasteiger partial charge in [-0.15, -0.1) is 10.2 Å². The Balaban J connectivity index is 1.49. The number of aryl methyl sites for hydroxylation is 2. The number of nitrogens with one attached hydrogen (secondary N) is 2. The zero-order chi connectivity index (χ0) is 23.6. The van der Waals surface area contributed by atoms with E-state index in [1.807, 2.05) is 38.1 Å². The largest absolute Gasteiger partial charge is 0.366 e. The van der Waals surface area contributed by atoms with E-state index in [9.17, 15) is 16.8 Å². The van der Waals surface area contributed by atoms with Gasteiger partial charge in [-0.2, -0.15) is 0 Å². The fraction of sp³-hybridized carbons (Fsp3) is 0.182. The van der Waals surface area contributed by atoms with Crippen LogP contribution in [0.2, 0.25) is 0 Å². The standard InChI is InChI=1S/C22H22N4O4S3/c1-15-3-7-17(8-4-15)19-11-23-12-20(19)32(27,28)13-21-24-25-22(31-21)14-33(29,30)26-18-9-5-16(2)6-10-18/h3-12,23,26H,13-14H2,1-2H3. The molecule has 0 amide bonds. The highest BCUT2D eigenvalue weighted by atomic mass is 32.2. The summed E-state index contributed by atoms with van der Waals surface area (Å²) < 4.78 is 53.6. The lowest BCUT2D eigenvalue weighted by Gasteiger charge is -2.06. The van der Waals surface area contributed by atoms with Crippen LogP contribution in [0.5, 0.6) is 0 Å². The van der Waals surface area contributed by atoms with Crippen molar-refractivity contribution in [1.82, 2.24) is 15.2 Å². The van der Waals surface area contributed by atoms with Crippen molar-refractivity contribution >= 4 is 36.9 Å². The minimum absolute atomic E-state index is 0.164. The Labute approximate surface area is 196 Å². The van der Waals surface area contributed by atoms with Crippen LogP contribution in [0.1, 0.15) is 21.1 Å². The van der Waals surface area contributed by atoms with E-state index in [0.29, 0.717) is 11.3 Å². The summed E-state index contributed by atoms with van der Waals surface area (Å²) in [4.78, 5) is 3.03. The number of aromatic amines is 1. The molecule has 2 aromatic carbocycles. The van der Waals surface area contributed by atoms with Gasteiger partial charge in [-0.05, 0) is 31.5 Å². The second kappa shape index (κ2) is 9.08. The molecule has 0 spiro atoms. The number of nitrogens with zero attached hydrogens (tertiary/aromatic N) is 2. The predicted molar refractivity (Wildman–Crippen MR) is 129 cm³/mol. The third kappa shape index (κ3) is 5.67. The minimum Gasteiger partial charge on any atom is -0.366 e. The maximum atomic E-state index is 13.1. The summed E-state index contributed by atoms with van der Waals surface area (Å²) in [5.41, 5.74) is 3.90. The fourth-order valence-electron chi connectivity index (χ4n) is 3.21. The number of hydrogen-bond acceptors (Lipinski definition) is 7. The summed E-state index contributed by atoms with van der Waals surface area (Å²) in [5, 5.41) is 8.25. The van der Waals surface area contributed by atoms with Gasteiger partial charge >= 0.3 is 0 Å². The SMILES string of the molecule is Cc1ccc(NS(=O)(=O)Cc2nnc(CS(=O)(=O)c3c[nH]cc3-c3ccc(C)cc3)s2)cc1. The Morgan fingerprint density at radius 3 is 2.03 bits per heavy atom. The van der Waals surface area contributed by atoms with Crippen molar-refractivity contribution in [2.24, 2.45) is 0 Å². The molecule has 0 bridgehead atoms. The second-order valence-electron chi connectivity index (χ2n) is 7.68. The number of rotatable bonds is 8. The van der Waals surface area contributed by atoms with Gasteiger partial charge in [-0.1, -0.05) is 58.9 Å². The molecule has 2 aromatic heterocycles. The molecule has 0 radical (unpaired) electrons. The van der Waals surface area contributed by atoms with Crippen LogP contribution < -0.4 is 4.72 Å². The van der Waals surface area contributed by atoms with Crippen molar-refractivity contribution in [3.8, 4) is 11.1 Å². The highest BCUT2D eigenvalue weighted by Gasteiger charge is 2.24. The molecular weight excluding hydrogens is 480 g/mol. The van der Waals surface area contributed by atoms with Gasteiger partial charge in [0.05, 0.1) is 4.90 Å². The lowest BCUT2D eigenvalue weighted by Crippen LogP contribution is -2.14. The normalized spacial score (nSPS) is 12.1. The first-order chi connectivity index (χ1) is 15.6. The number of sulfone groups is 1. The van der Waals surface area contributed by atoms with Gasteiger partial charge in [0.15, 0.2) is 9.84 Å². The zero-order valence-corrected chi connectivity index (χ0v) is 20.4. The number of benzene rings is 2. The summed E-state index contributed by atoms with van der Waals surface area (Å²) in [6.07, 6.45) is 3.09. The Hall–Kier alpha value is -3.02. The van der Waals surface area contributed by atoms with Gasteiger partial charge < -0.3 is 4.98 Å². The van der Waals surface area contributed by atoms with Gasteiger partial charge in [0.25, 0.3) is 0 Å². The van der Waals surface area contributed by atoms with Gasteiger partial charge in [-0.25, -0.2) is 16.8 Å². The molecular formula is C22H22N4O4S3. The zero-order valence-electron chi connectivity index (χ0n) is 17.9. The second-order valence-corrected chi connectivity index (χ2v) is 12.5. The smallest absolute Gasteiger partial charge is 0.239 e. The van der Waals surface area contributed by atoms with Gasteiger partial charge in [-0.3, -0.25) is 4.72 Å². The molecule has 172 valence electrons. The number of aromatic nitrogens is 3. The van der Waals surface area contributed by atoms with E-state index in [4.69, 9.17) is 0 Å². The lowest BCUT2D eigenvalue weighted by molar-refractivity contribution is 0.594. The summed E-state index contributed by atoms with van der Waals surface area (Å²) in [5.74, 6) is -0.760. The van der Waals surface area contributed by atoms with Crippen LogP contribution in [0.25, 0.3) is 11.1 Å². The molecule has 2 heterocycles. The third-order valence-corrected chi connectivity index (χ3v) is 9.02. The van der Waals surface area contributed by atoms with E-state index in [0.717, 1.165) is 28.0 Å². The van der Waals surface area contributed by atoms with Gasteiger partial charge in [0.1, 0.15) is 21.5 Å². The monoisotopic (exact) mass is 502 g/mol. The van der Waals surface area contributed by atoms with E-state index < -0.39 is 25.6 Å². The number of anilines is 1. The predicted octanol–water partition coefficient (Wildman–Crippen LogP) is 4.07. The quantitative estimate of drug-likeness (QED) is 0.375. The van der Waals surface area contributed by atoms with Crippen LogP contribution >= 0.6 is 11.3 Å². The summed E-state index contributed by atoms with van der Waals surface area (Å²) >= 11 is 0.970. The minimum atomic E-state index is -3.73. The van der Waals surface area contributed by atoms with Crippen LogP contribution in [0, 0.1) is 13.8 Å². The molecule has 0 atom stereocenters. The highest BCUT2D eigenvalue weighted by molar-refractivity contribution is 7.92. The van der Waals surface area contributed by atoms with Crippen molar-refractivity contribution in [2.75, 3.05) is 4.72 Å². The first kappa shape index (κ1) is 23.1. The van der Waals surface area contributed by atoms with Gasteiger partial charge in [0.2, 0.25) is 10.0 Å². The molecule has 0 aliphatic carbocycles. The van der Waals surface area contributed by atoms with E-state index in [-0.39, 0.29) is 20.7 Å². The van der Waals surface area contributed by atoms with Crippen LogP contribution in [0.3, 0.4) is 0 Å². The summed E-state index contributed by atoms with van der Waals surface area (Å²) in [6, 6.07) is 14.5. The molecule has 4 aromatic rings. The molecule has 8 nitrogen and oxygen atoms in total. The maximum Gasteiger partial charge on any atom is 0.239 e. The Morgan fingerprint density at radius 2 is 1.39 bits per heavy atom. The molecule has 4 rings (SSSR count). The lowest BCUT2D eigenvalue weighted by atomic mass is 10.1. The number of hydrogen-bond donors (Lipinski definition) is 2. The first-order valence-electron chi connectivity index (χ1n) is 9.96. The van der Waals surface area contributed by atoms with Crippen molar-refractivity contribution in [1.29, 1.82) is 0 Å². The molecule has 2 N–H and O–H groups in total. The molecule has 0 fully saturated rings.